The van der Waals surface area contributed by atoms with Gasteiger partial charge >= 0.3 is 13.1 Å². The second-order valence-electron chi connectivity index (χ2n) is 6.95. The zero-order chi connectivity index (χ0) is 22.3. The molecule has 0 aliphatic carbocycles. The van der Waals surface area contributed by atoms with Gasteiger partial charge in [-0.1, -0.05) is 24.3 Å². The van der Waals surface area contributed by atoms with Crippen molar-refractivity contribution in [1.29, 1.82) is 0 Å². The largest absolute Gasteiger partial charge is 0.478 e. The fourth-order valence-electron chi connectivity index (χ4n) is 2.95. The lowest BCUT2D eigenvalue weighted by Gasteiger charge is -2.20. The minimum atomic E-state index is -1.93. The Labute approximate surface area is 174 Å². The molecule has 10 heteroatoms. The average molecular weight is 414 g/mol. The summed E-state index contributed by atoms with van der Waals surface area (Å²) < 4.78 is 4.80. The number of ether oxygens (including phenoxy) is 1. The molecule has 0 bridgehead atoms. The Morgan fingerprint density at radius 3 is 2.37 bits per heavy atom. The van der Waals surface area contributed by atoms with Crippen LogP contribution >= 0.6 is 0 Å². The van der Waals surface area contributed by atoms with Crippen molar-refractivity contribution in [1.82, 2.24) is 10.2 Å². The molecule has 2 aromatic carbocycles. The minimum Gasteiger partial charge on any atom is -0.478 e. The number of aromatic carboxylic acids is 1. The molecule has 1 amide bonds. The first kappa shape index (κ1) is 23.1. The monoisotopic (exact) mass is 414 g/mol. The van der Waals surface area contributed by atoms with Crippen LogP contribution in [0.4, 0.5) is 0 Å². The van der Waals surface area contributed by atoms with E-state index in [1.165, 1.54) is 18.2 Å². The summed E-state index contributed by atoms with van der Waals surface area (Å²) in [5.74, 6) is -3.22. The molecule has 0 aliphatic rings. The highest BCUT2D eigenvalue weighted by Gasteiger charge is 2.28. The van der Waals surface area contributed by atoms with E-state index in [-0.39, 0.29) is 29.8 Å². The summed E-state index contributed by atoms with van der Waals surface area (Å²) in [6, 6.07) is 11.0. The molecule has 0 unspecified atom stereocenters. The highest BCUT2D eigenvalue weighted by Crippen LogP contribution is 2.25. The fraction of sp³-hybridized carbons (Fsp3) is 0.250. The number of amides is 1. The molecule has 0 aromatic heterocycles. The number of rotatable bonds is 10. The van der Waals surface area contributed by atoms with Crippen molar-refractivity contribution in [2.75, 3.05) is 14.1 Å². The van der Waals surface area contributed by atoms with E-state index >= 15 is 0 Å². The van der Waals surface area contributed by atoms with E-state index in [2.05, 4.69) is 5.32 Å². The van der Waals surface area contributed by atoms with Crippen molar-refractivity contribution >= 4 is 25.5 Å². The zero-order valence-corrected chi connectivity index (χ0v) is 16.6. The lowest BCUT2D eigenvalue weighted by Crippen LogP contribution is -2.48. The zero-order valence-electron chi connectivity index (χ0n) is 16.6. The molecular formula is C20H23BN2O7. The van der Waals surface area contributed by atoms with E-state index in [0.717, 1.165) is 5.56 Å². The number of para-hydroxylation sites is 1. The number of benzene rings is 2. The molecule has 30 heavy (non-hydrogen) atoms. The van der Waals surface area contributed by atoms with Crippen LogP contribution in [0.3, 0.4) is 0 Å². The number of nitrogens with zero attached hydrogens (tertiary/aromatic N) is 1. The van der Waals surface area contributed by atoms with Gasteiger partial charge in [0.15, 0.2) is 0 Å². The number of nitrogens with one attached hydrogen (secondary N) is 1. The van der Waals surface area contributed by atoms with Gasteiger partial charge in [-0.25, -0.2) is 4.79 Å². The maximum absolute atomic E-state index is 12.5. The Hall–Kier alpha value is -3.21. The molecule has 0 heterocycles. The molecule has 0 aliphatic heterocycles. The number of carboxylic acid groups (broad SMARTS) is 1. The summed E-state index contributed by atoms with van der Waals surface area (Å²) in [6.45, 7) is 0.794. The van der Waals surface area contributed by atoms with E-state index in [1.54, 1.807) is 24.3 Å². The molecule has 0 radical (unpaired) electrons. The van der Waals surface area contributed by atoms with Gasteiger partial charge in [-0.05, 0) is 49.8 Å². The molecule has 0 saturated carbocycles. The third-order valence-electron chi connectivity index (χ3n) is 4.32. The maximum Gasteiger partial charge on any atom is 0.475 e. The highest BCUT2D eigenvalue weighted by molar-refractivity contribution is 6.43. The standard InChI is InChI=1S/C20H23BN2O7/c1-23(2)11-13-6-8-14(9-7-13)19(25)22-17(21(28)29)10-15-4-3-5-16(20(26)27)18(15)30-12-24/h3-9,12,17,28-29H,10-11H2,1-2H3,(H,22,25)(H,26,27)/t17-/m0/s1. The van der Waals surface area contributed by atoms with Crippen molar-refractivity contribution in [3.8, 4) is 5.75 Å². The van der Waals surface area contributed by atoms with Gasteiger partial charge in [0.1, 0.15) is 11.3 Å². The summed E-state index contributed by atoms with van der Waals surface area (Å²) in [5, 5.41) is 31.2. The Morgan fingerprint density at radius 1 is 1.17 bits per heavy atom. The van der Waals surface area contributed by atoms with Crippen molar-refractivity contribution in [3.05, 3.63) is 64.7 Å². The Balaban J connectivity index is 2.21. The number of hydrogen-bond donors (Lipinski definition) is 4. The molecule has 2 rings (SSSR count). The molecule has 1 atom stereocenters. The predicted octanol–water partition coefficient (Wildman–Crippen LogP) is 0.335. The van der Waals surface area contributed by atoms with Gasteiger partial charge in [-0.3, -0.25) is 9.59 Å². The van der Waals surface area contributed by atoms with Crippen LogP contribution < -0.4 is 10.1 Å². The van der Waals surface area contributed by atoms with Gasteiger partial charge in [0.2, 0.25) is 0 Å². The number of carbonyl (C=O) groups is 3. The van der Waals surface area contributed by atoms with Crippen LogP contribution in [0.1, 0.15) is 31.8 Å². The van der Waals surface area contributed by atoms with E-state index in [1.807, 2.05) is 19.0 Å². The topological polar surface area (TPSA) is 136 Å². The first-order valence-electron chi connectivity index (χ1n) is 9.09. The van der Waals surface area contributed by atoms with Gasteiger partial charge in [0.05, 0.1) is 5.94 Å². The summed E-state index contributed by atoms with van der Waals surface area (Å²) in [6.07, 6.45) is -0.174. The third kappa shape index (κ3) is 6.15. The molecular weight excluding hydrogens is 391 g/mol. The van der Waals surface area contributed by atoms with Crippen LogP contribution in [0.2, 0.25) is 0 Å². The maximum atomic E-state index is 12.5. The summed E-state index contributed by atoms with van der Waals surface area (Å²) in [4.78, 5) is 36.7. The lowest BCUT2D eigenvalue weighted by atomic mass is 9.75. The third-order valence-corrected chi connectivity index (χ3v) is 4.32. The Bertz CT molecular complexity index is 901. The SMILES string of the molecule is CN(C)Cc1ccc(C(=O)N[C@@H](Cc2cccc(C(=O)O)c2OC=O)B(O)O)cc1. The smallest absolute Gasteiger partial charge is 0.475 e. The molecule has 0 fully saturated rings. The van der Waals surface area contributed by atoms with Gasteiger partial charge in [-0.2, -0.15) is 0 Å². The van der Waals surface area contributed by atoms with E-state index in [9.17, 15) is 29.5 Å². The number of carbonyl (C=O) groups excluding carboxylic acids is 2. The van der Waals surface area contributed by atoms with E-state index in [0.29, 0.717) is 12.1 Å². The Kier molecular flexibility index (Phi) is 8.11. The molecule has 2 aromatic rings. The quantitative estimate of drug-likeness (QED) is 0.323. The number of carboxylic acids is 1. The Morgan fingerprint density at radius 2 is 1.83 bits per heavy atom. The number of hydrogen-bond acceptors (Lipinski definition) is 7. The van der Waals surface area contributed by atoms with Gasteiger partial charge < -0.3 is 30.1 Å². The van der Waals surface area contributed by atoms with Crippen LogP contribution in [-0.2, 0) is 17.8 Å². The normalized spacial score (nSPS) is 11.6. The highest BCUT2D eigenvalue weighted by atomic mass is 16.5. The average Bonchev–Trinajstić information content (AvgIpc) is 2.68. The second-order valence-corrected chi connectivity index (χ2v) is 6.95. The molecule has 158 valence electrons. The van der Waals surface area contributed by atoms with E-state index < -0.39 is 24.9 Å². The van der Waals surface area contributed by atoms with Crippen LogP contribution in [0.5, 0.6) is 5.75 Å². The van der Waals surface area contributed by atoms with Crippen LogP contribution in [0.15, 0.2) is 42.5 Å². The first-order chi connectivity index (χ1) is 14.2. The van der Waals surface area contributed by atoms with Crippen LogP contribution in [-0.4, -0.2) is 65.6 Å². The van der Waals surface area contributed by atoms with Crippen molar-refractivity contribution in [2.45, 2.75) is 18.9 Å². The van der Waals surface area contributed by atoms with Gasteiger partial charge in [0, 0.05) is 12.1 Å². The van der Waals surface area contributed by atoms with E-state index in [4.69, 9.17) is 4.74 Å². The summed E-state index contributed by atoms with van der Waals surface area (Å²) in [7, 11) is 1.92. The van der Waals surface area contributed by atoms with Gasteiger partial charge in [0.25, 0.3) is 12.4 Å². The van der Waals surface area contributed by atoms with Crippen molar-refractivity contribution < 1.29 is 34.3 Å². The van der Waals surface area contributed by atoms with Crippen LogP contribution in [0.25, 0.3) is 0 Å². The predicted molar refractivity (Wildman–Crippen MR) is 109 cm³/mol. The van der Waals surface area contributed by atoms with Crippen molar-refractivity contribution in [3.63, 3.8) is 0 Å². The van der Waals surface area contributed by atoms with Gasteiger partial charge in [-0.15, -0.1) is 0 Å². The lowest BCUT2D eigenvalue weighted by molar-refractivity contribution is -0.120. The summed E-state index contributed by atoms with van der Waals surface area (Å²) in [5.41, 5.74) is 1.30. The molecule has 4 N–H and O–H groups in total. The second kappa shape index (κ2) is 10.5. The minimum absolute atomic E-state index is 0.0868. The fourth-order valence-corrected chi connectivity index (χ4v) is 2.95. The molecule has 0 spiro atoms. The molecule has 0 saturated heterocycles. The summed E-state index contributed by atoms with van der Waals surface area (Å²) >= 11 is 0. The van der Waals surface area contributed by atoms with Crippen LogP contribution in [0, 0.1) is 0 Å². The molecule has 9 nitrogen and oxygen atoms in total. The van der Waals surface area contributed by atoms with Crippen molar-refractivity contribution in [2.24, 2.45) is 0 Å². The first-order valence-corrected chi connectivity index (χ1v) is 9.09.